The number of benzene rings is 1. The highest BCUT2D eigenvalue weighted by Gasteiger charge is 2.37. The SMILES string of the molecule is Cc1sc(C(=O)O)cc1CNC1CC1c1ccccc1. The van der Waals surface area contributed by atoms with Gasteiger partial charge in [0.25, 0.3) is 0 Å². The van der Waals surface area contributed by atoms with Gasteiger partial charge in [-0.15, -0.1) is 11.3 Å². The van der Waals surface area contributed by atoms with Crippen LogP contribution in [0.2, 0.25) is 0 Å². The number of thiophene rings is 1. The van der Waals surface area contributed by atoms with Gasteiger partial charge in [0.2, 0.25) is 0 Å². The Morgan fingerprint density at radius 2 is 2.15 bits per heavy atom. The molecule has 2 aromatic rings. The molecule has 0 amide bonds. The quantitative estimate of drug-likeness (QED) is 0.886. The van der Waals surface area contributed by atoms with E-state index in [9.17, 15) is 4.79 Å². The molecule has 104 valence electrons. The smallest absolute Gasteiger partial charge is 0.345 e. The Morgan fingerprint density at radius 3 is 2.80 bits per heavy atom. The highest BCUT2D eigenvalue weighted by atomic mass is 32.1. The molecule has 0 bridgehead atoms. The van der Waals surface area contributed by atoms with Crippen LogP contribution in [0.25, 0.3) is 0 Å². The number of rotatable bonds is 5. The number of hydrogen-bond acceptors (Lipinski definition) is 3. The van der Waals surface area contributed by atoms with Crippen LogP contribution in [0, 0.1) is 6.92 Å². The van der Waals surface area contributed by atoms with Crippen molar-refractivity contribution in [3.8, 4) is 0 Å². The lowest BCUT2D eigenvalue weighted by molar-refractivity contribution is 0.0702. The maximum Gasteiger partial charge on any atom is 0.345 e. The van der Waals surface area contributed by atoms with E-state index in [0.29, 0.717) is 16.8 Å². The van der Waals surface area contributed by atoms with Crippen LogP contribution in [0.3, 0.4) is 0 Å². The zero-order valence-corrected chi connectivity index (χ0v) is 12.1. The van der Waals surface area contributed by atoms with Gasteiger partial charge in [-0.05, 0) is 30.5 Å². The molecule has 2 atom stereocenters. The second-order valence-corrected chi connectivity index (χ2v) is 6.49. The minimum atomic E-state index is -0.835. The summed E-state index contributed by atoms with van der Waals surface area (Å²) in [7, 11) is 0. The van der Waals surface area contributed by atoms with Gasteiger partial charge in [-0.3, -0.25) is 0 Å². The fourth-order valence-electron chi connectivity index (χ4n) is 2.53. The van der Waals surface area contributed by atoms with Gasteiger partial charge in [-0.2, -0.15) is 0 Å². The minimum Gasteiger partial charge on any atom is -0.477 e. The van der Waals surface area contributed by atoms with E-state index >= 15 is 0 Å². The summed E-state index contributed by atoms with van der Waals surface area (Å²) in [6.07, 6.45) is 1.17. The first-order chi connectivity index (χ1) is 9.65. The molecule has 3 rings (SSSR count). The highest BCUT2D eigenvalue weighted by molar-refractivity contribution is 7.14. The predicted molar refractivity (Wildman–Crippen MR) is 80.4 cm³/mol. The van der Waals surface area contributed by atoms with Gasteiger partial charge in [-0.25, -0.2) is 4.79 Å². The Morgan fingerprint density at radius 1 is 1.40 bits per heavy atom. The van der Waals surface area contributed by atoms with Gasteiger partial charge < -0.3 is 10.4 Å². The highest BCUT2D eigenvalue weighted by Crippen LogP contribution is 2.40. The van der Waals surface area contributed by atoms with Crippen LogP contribution in [-0.4, -0.2) is 17.1 Å². The Kier molecular flexibility index (Phi) is 3.59. The van der Waals surface area contributed by atoms with Gasteiger partial charge in [-0.1, -0.05) is 30.3 Å². The van der Waals surface area contributed by atoms with E-state index in [4.69, 9.17) is 5.11 Å². The van der Waals surface area contributed by atoms with Crippen molar-refractivity contribution in [3.05, 3.63) is 57.3 Å². The van der Waals surface area contributed by atoms with Crippen molar-refractivity contribution in [2.24, 2.45) is 0 Å². The molecule has 0 spiro atoms. The van der Waals surface area contributed by atoms with Crippen molar-refractivity contribution in [1.29, 1.82) is 0 Å². The zero-order chi connectivity index (χ0) is 14.1. The molecule has 20 heavy (non-hydrogen) atoms. The van der Waals surface area contributed by atoms with Crippen molar-refractivity contribution in [2.45, 2.75) is 31.8 Å². The molecule has 0 saturated heterocycles. The summed E-state index contributed by atoms with van der Waals surface area (Å²) in [6, 6.07) is 12.8. The number of nitrogens with one attached hydrogen (secondary N) is 1. The van der Waals surface area contributed by atoms with Crippen molar-refractivity contribution in [3.63, 3.8) is 0 Å². The summed E-state index contributed by atoms with van der Waals surface area (Å²) in [6.45, 7) is 2.74. The summed E-state index contributed by atoms with van der Waals surface area (Å²) >= 11 is 1.35. The second kappa shape index (κ2) is 5.38. The minimum absolute atomic E-state index is 0.426. The maximum absolute atomic E-state index is 10.9. The average Bonchev–Trinajstić information content (AvgIpc) is 3.13. The summed E-state index contributed by atoms with van der Waals surface area (Å²) < 4.78 is 0. The fourth-order valence-corrected chi connectivity index (χ4v) is 3.41. The van der Waals surface area contributed by atoms with Gasteiger partial charge in [0.15, 0.2) is 0 Å². The van der Waals surface area contributed by atoms with Gasteiger partial charge in [0.1, 0.15) is 4.88 Å². The summed E-state index contributed by atoms with van der Waals surface area (Å²) in [4.78, 5) is 12.5. The van der Waals surface area contributed by atoms with Gasteiger partial charge >= 0.3 is 5.97 Å². The standard InChI is InChI=1S/C16H17NO2S/c1-10-12(7-15(20-10)16(18)19)9-17-14-8-13(14)11-5-3-2-4-6-11/h2-7,13-14,17H,8-9H2,1H3,(H,18,19). The van der Waals surface area contributed by atoms with E-state index in [-0.39, 0.29) is 0 Å². The normalized spacial score (nSPS) is 20.9. The van der Waals surface area contributed by atoms with E-state index in [1.54, 1.807) is 6.07 Å². The molecule has 1 aliphatic rings. The second-order valence-electron chi connectivity index (χ2n) is 5.24. The van der Waals surface area contributed by atoms with E-state index < -0.39 is 5.97 Å². The number of aryl methyl sites for hydroxylation is 1. The number of hydrogen-bond donors (Lipinski definition) is 2. The van der Waals surface area contributed by atoms with Gasteiger partial charge in [0.05, 0.1) is 0 Å². The van der Waals surface area contributed by atoms with Crippen molar-refractivity contribution < 1.29 is 9.90 Å². The van der Waals surface area contributed by atoms with Crippen LogP contribution in [0.1, 0.15) is 38.0 Å². The van der Waals surface area contributed by atoms with E-state index in [2.05, 4.69) is 29.6 Å². The first-order valence-electron chi connectivity index (χ1n) is 6.76. The van der Waals surface area contributed by atoms with E-state index in [0.717, 1.165) is 17.0 Å². The monoisotopic (exact) mass is 287 g/mol. The molecule has 0 aliphatic heterocycles. The third-order valence-corrected chi connectivity index (χ3v) is 4.88. The van der Waals surface area contributed by atoms with Crippen LogP contribution in [0.4, 0.5) is 0 Å². The molecule has 1 aromatic heterocycles. The van der Waals surface area contributed by atoms with E-state index in [1.807, 2.05) is 13.0 Å². The first-order valence-corrected chi connectivity index (χ1v) is 7.57. The average molecular weight is 287 g/mol. The lowest BCUT2D eigenvalue weighted by atomic mass is 10.1. The molecule has 3 nitrogen and oxygen atoms in total. The fraction of sp³-hybridized carbons (Fsp3) is 0.312. The predicted octanol–water partition coefficient (Wildman–Crippen LogP) is 3.40. The largest absolute Gasteiger partial charge is 0.477 e. The Hall–Kier alpha value is -1.65. The summed E-state index contributed by atoms with van der Waals surface area (Å²) in [5.74, 6) is -0.230. The number of aromatic carboxylic acids is 1. The third kappa shape index (κ3) is 2.76. The molecular weight excluding hydrogens is 270 g/mol. The maximum atomic E-state index is 10.9. The van der Waals surface area contributed by atoms with Crippen molar-refractivity contribution >= 4 is 17.3 Å². The molecule has 1 saturated carbocycles. The Labute approximate surface area is 122 Å². The van der Waals surface area contributed by atoms with E-state index in [1.165, 1.54) is 23.3 Å². The van der Waals surface area contributed by atoms with Crippen LogP contribution < -0.4 is 5.32 Å². The third-order valence-electron chi connectivity index (χ3n) is 3.80. The molecule has 1 aromatic carbocycles. The molecule has 1 aliphatic carbocycles. The lowest BCUT2D eigenvalue weighted by Gasteiger charge is -2.04. The summed E-state index contributed by atoms with van der Waals surface area (Å²) in [5, 5.41) is 12.5. The number of carboxylic acids is 1. The van der Waals surface area contributed by atoms with Crippen molar-refractivity contribution in [2.75, 3.05) is 0 Å². The molecule has 1 fully saturated rings. The molecular formula is C16H17NO2S. The molecule has 2 unspecified atom stereocenters. The van der Waals surface area contributed by atoms with Gasteiger partial charge in [0, 0.05) is 23.4 Å². The summed E-state index contributed by atoms with van der Waals surface area (Å²) in [5.41, 5.74) is 2.49. The van der Waals surface area contributed by atoms with Crippen LogP contribution in [-0.2, 0) is 6.54 Å². The first kappa shape index (κ1) is 13.3. The number of carboxylic acid groups (broad SMARTS) is 1. The van der Waals surface area contributed by atoms with Crippen LogP contribution in [0.5, 0.6) is 0 Å². The molecule has 0 radical (unpaired) electrons. The Balaban J connectivity index is 1.58. The molecule has 2 N–H and O–H groups in total. The molecule has 1 heterocycles. The van der Waals surface area contributed by atoms with Crippen LogP contribution in [0.15, 0.2) is 36.4 Å². The topological polar surface area (TPSA) is 49.3 Å². The molecule has 4 heteroatoms. The number of carbonyl (C=O) groups is 1. The van der Waals surface area contributed by atoms with Crippen molar-refractivity contribution in [1.82, 2.24) is 5.32 Å². The lowest BCUT2D eigenvalue weighted by Crippen LogP contribution is -2.17. The van der Waals surface area contributed by atoms with Crippen LogP contribution >= 0.6 is 11.3 Å². The zero-order valence-electron chi connectivity index (χ0n) is 11.3. The Bertz CT molecular complexity index is 621.